The maximum atomic E-state index is 6.59. The fourth-order valence-electron chi connectivity index (χ4n) is 7.44. The minimum absolute atomic E-state index is 0.264. The number of nitrogens with one attached hydrogen (secondary N) is 1. The highest BCUT2D eigenvalue weighted by Gasteiger charge is 2.29. The Morgan fingerprint density at radius 2 is 1.58 bits per heavy atom. The second kappa shape index (κ2) is 9.38. The molecule has 4 heteroatoms. The van der Waals surface area contributed by atoms with Crippen LogP contribution in [0.4, 0.5) is 5.69 Å². The third-order valence-electron chi connectivity index (χ3n) is 9.48. The lowest BCUT2D eigenvalue weighted by Gasteiger charge is -2.13. The summed E-state index contributed by atoms with van der Waals surface area (Å²) in [5.74, 6) is 1.93. The Kier molecular flexibility index (Phi) is 5.14. The van der Waals surface area contributed by atoms with E-state index in [2.05, 4.69) is 143 Å². The van der Waals surface area contributed by atoms with E-state index in [9.17, 15) is 0 Å². The quantitative estimate of drug-likeness (QED) is 0.226. The fourth-order valence-corrected chi connectivity index (χ4v) is 7.44. The highest BCUT2D eigenvalue weighted by molar-refractivity contribution is 6.22. The van der Waals surface area contributed by atoms with Crippen LogP contribution in [-0.4, -0.2) is 4.57 Å². The van der Waals surface area contributed by atoms with Gasteiger partial charge in [-0.2, -0.15) is 0 Å². The van der Waals surface area contributed by atoms with E-state index >= 15 is 0 Å². The van der Waals surface area contributed by atoms with Crippen molar-refractivity contribution in [1.82, 2.24) is 4.57 Å². The Hall–Kier alpha value is -5.74. The van der Waals surface area contributed by atoms with Crippen LogP contribution in [0, 0.1) is 0 Å². The minimum atomic E-state index is -0.264. The second-order valence-corrected chi connectivity index (χ2v) is 12.0. The number of rotatable bonds is 3. The average Bonchev–Trinajstić information content (AvgIpc) is 3.80. The molecule has 1 unspecified atom stereocenters. The molecule has 0 amide bonds. The van der Waals surface area contributed by atoms with E-state index in [1.165, 1.54) is 43.7 Å². The standard InChI is InChI=1S/C41H28N2O2/c1-2-10-28(11-3-1)43-34-15-8-14-29(37(34)32-22-21-25-9-4-5-12-30(25)39(32)43)26-17-19-27(20-18-26)41-42-33-23-24-36-38(40(33)45-41)31-13-6-7-16-35(31)44-36/h1-6,8-15,17-24,41-42H,7,16H2. The van der Waals surface area contributed by atoms with Crippen molar-refractivity contribution < 1.29 is 9.15 Å². The number of nitrogens with zero attached hydrogens (tertiary/aromatic N) is 1. The zero-order valence-electron chi connectivity index (χ0n) is 24.5. The molecule has 0 fully saturated rings. The predicted octanol–water partition coefficient (Wildman–Crippen LogP) is 10.8. The first-order chi connectivity index (χ1) is 22.3. The highest BCUT2D eigenvalue weighted by atomic mass is 16.5. The molecule has 8 aromatic rings. The molecule has 0 saturated carbocycles. The van der Waals surface area contributed by atoms with Crippen LogP contribution in [0.15, 0.2) is 132 Å². The Bertz CT molecular complexity index is 2480. The number of ether oxygens (including phenoxy) is 1. The summed E-state index contributed by atoms with van der Waals surface area (Å²) in [6.45, 7) is 0. The van der Waals surface area contributed by atoms with E-state index in [1.54, 1.807) is 0 Å². The molecule has 1 atom stereocenters. The molecule has 10 rings (SSSR count). The molecule has 1 aliphatic heterocycles. The first kappa shape index (κ1) is 24.7. The smallest absolute Gasteiger partial charge is 0.196 e. The van der Waals surface area contributed by atoms with Crippen molar-refractivity contribution in [2.24, 2.45) is 0 Å². The van der Waals surface area contributed by atoms with Gasteiger partial charge in [-0.05, 0) is 53.3 Å². The molecule has 0 spiro atoms. The number of furan rings is 1. The van der Waals surface area contributed by atoms with E-state index in [0.29, 0.717) is 0 Å². The number of benzene rings is 6. The van der Waals surface area contributed by atoms with Crippen molar-refractivity contribution in [2.75, 3.05) is 5.32 Å². The molecule has 3 heterocycles. The van der Waals surface area contributed by atoms with E-state index in [0.717, 1.165) is 57.8 Å². The molecular formula is C41H28N2O2. The number of hydrogen-bond acceptors (Lipinski definition) is 3. The molecule has 6 aromatic carbocycles. The third kappa shape index (κ3) is 3.60. The highest BCUT2D eigenvalue weighted by Crippen LogP contribution is 2.47. The summed E-state index contributed by atoms with van der Waals surface area (Å²) in [7, 11) is 0. The van der Waals surface area contributed by atoms with Crippen molar-refractivity contribution >= 4 is 55.3 Å². The lowest BCUT2D eigenvalue weighted by molar-refractivity contribution is 0.262. The summed E-state index contributed by atoms with van der Waals surface area (Å²) >= 11 is 0. The van der Waals surface area contributed by atoms with Gasteiger partial charge < -0.3 is 19.0 Å². The van der Waals surface area contributed by atoms with Gasteiger partial charge >= 0.3 is 0 Å². The molecular weight excluding hydrogens is 552 g/mol. The third-order valence-corrected chi connectivity index (χ3v) is 9.48. The van der Waals surface area contributed by atoms with Gasteiger partial charge in [0, 0.05) is 39.4 Å². The maximum absolute atomic E-state index is 6.59. The zero-order chi connectivity index (χ0) is 29.5. The molecule has 2 aromatic heterocycles. The maximum Gasteiger partial charge on any atom is 0.196 e. The summed E-state index contributed by atoms with van der Waals surface area (Å²) in [6, 6.07) is 43.5. The van der Waals surface area contributed by atoms with Crippen molar-refractivity contribution in [1.29, 1.82) is 0 Å². The number of aryl methyl sites for hydroxylation is 1. The first-order valence-corrected chi connectivity index (χ1v) is 15.6. The van der Waals surface area contributed by atoms with Crippen LogP contribution in [0.5, 0.6) is 5.75 Å². The zero-order valence-corrected chi connectivity index (χ0v) is 24.5. The van der Waals surface area contributed by atoms with Crippen LogP contribution in [-0.2, 0) is 6.42 Å². The Balaban J connectivity index is 1.09. The van der Waals surface area contributed by atoms with Gasteiger partial charge in [0.25, 0.3) is 0 Å². The van der Waals surface area contributed by atoms with Gasteiger partial charge in [0.1, 0.15) is 11.3 Å². The van der Waals surface area contributed by atoms with Crippen LogP contribution < -0.4 is 10.1 Å². The van der Waals surface area contributed by atoms with Crippen LogP contribution in [0.2, 0.25) is 0 Å². The van der Waals surface area contributed by atoms with Gasteiger partial charge in [-0.25, -0.2) is 0 Å². The number of fused-ring (bicyclic) bond motifs is 10. The molecule has 4 nitrogen and oxygen atoms in total. The molecule has 0 radical (unpaired) electrons. The van der Waals surface area contributed by atoms with Gasteiger partial charge in [-0.15, -0.1) is 0 Å². The second-order valence-electron chi connectivity index (χ2n) is 12.0. The van der Waals surface area contributed by atoms with Crippen molar-refractivity contribution in [3.63, 3.8) is 0 Å². The van der Waals surface area contributed by atoms with Gasteiger partial charge in [-0.1, -0.05) is 103 Å². The number of aromatic nitrogens is 1. The predicted molar refractivity (Wildman–Crippen MR) is 184 cm³/mol. The minimum Gasteiger partial charge on any atom is -0.464 e. The van der Waals surface area contributed by atoms with Gasteiger partial charge in [-0.3, -0.25) is 0 Å². The summed E-state index contributed by atoms with van der Waals surface area (Å²) in [6.07, 6.45) is 6.07. The summed E-state index contributed by atoms with van der Waals surface area (Å²) in [5.41, 5.74) is 10.1. The molecule has 1 N–H and O–H groups in total. The van der Waals surface area contributed by atoms with Crippen LogP contribution >= 0.6 is 0 Å². The largest absolute Gasteiger partial charge is 0.464 e. The summed E-state index contributed by atoms with van der Waals surface area (Å²) in [5, 5.41) is 9.68. The Labute approximate surface area is 259 Å². The lowest BCUT2D eigenvalue weighted by atomic mass is 9.97. The normalized spacial score (nSPS) is 15.4. The van der Waals surface area contributed by atoms with E-state index in [-0.39, 0.29) is 6.23 Å². The fraction of sp³-hybridized carbons (Fsp3) is 0.0732. The van der Waals surface area contributed by atoms with Crippen molar-refractivity contribution in [2.45, 2.75) is 19.1 Å². The molecule has 0 bridgehead atoms. The average molecular weight is 581 g/mol. The number of anilines is 1. The van der Waals surface area contributed by atoms with Gasteiger partial charge in [0.05, 0.1) is 22.1 Å². The first-order valence-electron chi connectivity index (χ1n) is 15.6. The van der Waals surface area contributed by atoms with E-state index in [4.69, 9.17) is 9.15 Å². The molecule has 0 saturated heterocycles. The van der Waals surface area contributed by atoms with E-state index in [1.807, 2.05) is 0 Å². The Morgan fingerprint density at radius 3 is 2.49 bits per heavy atom. The van der Waals surface area contributed by atoms with Crippen LogP contribution in [0.25, 0.3) is 66.4 Å². The van der Waals surface area contributed by atoms with Gasteiger partial charge in [0.15, 0.2) is 12.0 Å². The molecule has 214 valence electrons. The number of hydrogen-bond donors (Lipinski definition) is 1. The van der Waals surface area contributed by atoms with Crippen molar-refractivity contribution in [3.05, 3.63) is 144 Å². The van der Waals surface area contributed by atoms with Crippen LogP contribution in [0.3, 0.4) is 0 Å². The SMILES string of the molecule is C1=Cc2c(oc3ccc4c(c23)OC(c2ccc(-c3cccc5c3c3ccc6ccccc6c3n5-c3ccccc3)cc2)N4)CC1. The summed E-state index contributed by atoms with van der Waals surface area (Å²) < 4.78 is 15.2. The van der Waals surface area contributed by atoms with E-state index < -0.39 is 0 Å². The van der Waals surface area contributed by atoms with Crippen molar-refractivity contribution in [3.8, 4) is 22.6 Å². The summed E-state index contributed by atoms with van der Waals surface area (Å²) in [4.78, 5) is 0. The molecule has 45 heavy (non-hydrogen) atoms. The monoisotopic (exact) mass is 580 g/mol. The molecule has 2 aliphatic rings. The topological polar surface area (TPSA) is 39.3 Å². The lowest BCUT2D eigenvalue weighted by Crippen LogP contribution is -2.09. The number of allylic oxidation sites excluding steroid dienone is 1. The Morgan fingerprint density at radius 1 is 0.711 bits per heavy atom. The molecule has 1 aliphatic carbocycles. The van der Waals surface area contributed by atoms with Gasteiger partial charge in [0.2, 0.25) is 0 Å². The number of para-hydroxylation sites is 1. The van der Waals surface area contributed by atoms with Crippen LogP contribution in [0.1, 0.15) is 29.5 Å².